The van der Waals surface area contributed by atoms with Crippen molar-refractivity contribution in [3.05, 3.63) is 29.8 Å². The van der Waals surface area contributed by atoms with E-state index in [-0.39, 0.29) is 36.2 Å². The van der Waals surface area contributed by atoms with Gasteiger partial charge in [-0.1, -0.05) is 19.1 Å². The molecule has 2 rings (SSSR count). The van der Waals surface area contributed by atoms with Crippen molar-refractivity contribution in [2.24, 2.45) is 0 Å². The normalized spacial score (nSPS) is 20.8. The third-order valence-electron chi connectivity index (χ3n) is 3.99. The van der Waals surface area contributed by atoms with E-state index in [9.17, 15) is 13.2 Å². The monoisotopic (exact) mass is 375 g/mol. The molecule has 3 N–H and O–H groups in total. The summed E-state index contributed by atoms with van der Waals surface area (Å²) < 4.78 is 26.4. The van der Waals surface area contributed by atoms with Gasteiger partial charge in [-0.15, -0.1) is 12.4 Å². The molecule has 0 saturated carbocycles. The number of nitrogens with one attached hydrogen (secondary N) is 3. The maximum absolute atomic E-state index is 12.5. The fourth-order valence-electron chi connectivity index (χ4n) is 2.74. The lowest BCUT2D eigenvalue weighted by Gasteiger charge is -2.30. The zero-order valence-electron chi connectivity index (χ0n) is 14.0. The summed E-state index contributed by atoms with van der Waals surface area (Å²) in [6.07, 6.45) is 2.46. The minimum atomic E-state index is -3.43. The second kappa shape index (κ2) is 9.25. The number of rotatable bonds is 6. The van der Waals surface area contributed by atoms with Crippen molar-refractivity contribution in [2.75, 3.05) is 17.0 Å². The van der Waals surface area contributed by atoms with Crippen LogP contribution < -0.4 is 15.4 Å². The minimum absolute atomic E-state index is 0. The number of hydrogen-bond acceptors (Lipinski definition) is 4. The highest BCUT2D eigenvalue weighted by Gasteiger charge is 2.24. The molecule has 2 unspecified atom stereocenters. The molecule has 1 aliphatic heterocycles. The van der Waals surface area contributed by atoms with Crippen LogP contribution in [0.5, 0.6) is 0 Å². The second-order valence-corrected chi connectivity index (χ2v) is 7.77. The highest BCUT2D eigenvalue weighted by molar-refractivity contribution is 7.92. The predicted molar refractivity (Wildman–Crippen MR) is 99.3 cm³/mol. The molecule has 1 heterocycles. The Kier molecular flexibility index (Phi) is 7.99. The average molecular weight is 376 g/mol. The Morgan fingerprint density at radius 1 is 1.33 bits per heavy atom. The SMILES string of the molecule is CCCS(=O)(=O)Nc1ccccc1C(=O)NC1CCCNC1C.Cl. The number of carbonyl (C=O) groups is 1. The van der Waals surface area contributed by atoms with Crippen LogP contribution in [0, 0.1) is 0 Å². The van der Waals surface area contributed by atoms with Crippen LogP contribution in [0.25, 0.3) is 0 Å². The van der Waals surface area contributed by atoms with E-state index in [1.54, 1.807) is 31.2 Å². The van der Waals surface area contributed by atoms with Gasteiger partial charge in [-0.3, -0.25) is 9.52 Å². The van der Waals surface area contributed by atoms with Gasteiger partial charge in [0.2, 0.25) is 10.0 Å². The molecular formula is C16H26ClN3O3S. The predicted octanol–water partition coefficient (Wildman–Crippen LogP) is 2.13. The molecular weight excluding hydrogens is 350 g/mol. The van der Waals surface area contributed by atoms with Crippen LogP contribution in [0.3, 0.4) is 0 Å². The van der Waals surface area contributed by atoms with Crippen molar-refractivity contribution in [2.45, 2.75) is 45.2 Å². The van der Waals surface area contributed by atoms with Crippen LogP contribution in [0.15, 0.2) is 24.3 Å². The minimum Gasteiger partial charge on any atom is -0.348 e. The fraction of sp³-hybridized carbons (Fsp3) is 0.562. The van der Waals surface area contributed by atoms with Crippen LogP contribution in [0.2, 0.25) is 0 Å². The first-order chi connectivity index (χ1) is 10.9. The van der Waals surface area contributed by atoms with E-state index in [0.29, 0.717) is 17.7 Å². The van der Waals surface area contributed by atoms with Crippen LogP contribution in [-0.2, 0) is 10.0 Å². The highest BCUT2D eigenvalue weighted by atomic mass is 35.5. The summed E-state index contributed by atoms with van der Waals surface area (Å²) in [5.74, 6) is -0.215. The van der Waals surface area contributed by atoms with Gasteiger partial charge in [0.25, 0.3) is 5.91 Å². The van der Waals surface area contributed by atoms with Crippen LogP contribution in [-0.4, -0.2) is 38.7 Å². The first-order valence-electron chi connectivity index (χ1n) is 8.06. The van der Waals surface area contributed by atoms with Crippen molar-refractivity contribution < 1.29 is 13.2 Å². The van der Waals surface area contributed by atoms with E-state index in [2.05, 4.69) is 15.4 Å². The van der Waals surface area contributed by atoms with Crippen LogP contribution in [0.1, 0.15) is 43.5 Å². The Labute approximate surface area is 150 Å². The number of amides is 1. The molecule has 0 aliphatic carbocycles. The smallest absolute Gasteiger partial charge is 0.253 e. The van der Waals surface area contributed by atoms with E-state index >= 15 is 0 Å². The lowest BCUT2D eigenvalue weighted by Crippen LogP contribution is -2.52. The lowest BCUT2D eigenvalue weighted by molar-refractivity contribution is 0.0921. The first-order valence-corrected chi connectivity index (χ1v) is 9.72. The number of halogens is 1. The Bertz CT molecular complexity index is 652. The molecule has 0 aromatic heterocycles. The standard InChI is InChI=1S/C16H25N3O3S.ClH/c1-3-11-23(21,22)19-15-8-5-4-7-13(15)16(20)18-14-9-6-10-17-12(14)2;/h4-5,7-8,12,14,17,19H,3,6,9-11H2,1-2H3,(H,18,20);1H. The van der Waals surface area contributed by atoms with Crippen molar-refractivity contribution >= 4 is 34.0 Å². The third kappa shape index (κ3) is 5.65. The zero-order valence-corrected chi connectivity index (χ0v) is 15.7. The number of para-hydroxylation sites is 1. The van der Waals surface area contributed by atoms with Crippen molar-refractivity contribution in [1.82, 2.24) is 10.6 Å². The molecule has 1 saturated heterocycles. The summed E-state index contributed by atoms with van der Waals surface area (Å²) in [5.41, 5.74) is 0.680. The molecule has 0 bridgehead atoms. The quantitative estimate of drug-likeness (QED) is 0.710. The number of piperidine rings is 1. The molecule has 1 fully saturated rings. The van der Waals surface area contributed by atoms with Gasteiger partial charge in [0.15, 0.2) is 0 Å². The Morgan fingerprint density at radius 3 is 2.71 bits per heavy atom. The van der Waals surface area contributed by atoms with E-state index in [1.807, 2.05) is 6.92 Å². The molecule has 1 aliphatic rings. The summed E-state index contributed by atoms with van der Waals surface area (Å²) in [6.45, 7) is 4.80. The number of benzene rings is 1. The van der Waals surface area contributed by atoms with Crippen molar-refractivity contribution in [1.29, 1.82) is 0 Å². The second-order valence-electron chi connectivity index (χ2n) is 5.93. The van der Waals surface area contributed by atoms with Gasteiger partial charge >= 0.3 is 0 Å². The number of hydrogen-bond donors (Lipinski definition) is 3. The number of sulfonamides is 1. The van der Waals surface area contributed by atoms with Gasteiger partial charge in [-0.2, -0.15) is 0 Å². The highest BCUT2D eigenvalue weighted by Crippen LogP contribution is 2.18. The number of carbonyl (C=O) groups excluding carboxylic acids is 1. The zero-order chi connectivity index (χ0) is 16.9. The summed E-state index contributed by atoms with van der Waals surface area (Å²) >= 11 is 0. The molecule has 0 spiro atoms. The average Bonchev–Trinajstić information content (AvgIpc) is 2.49. The molecule has 2 atom stereocenters. The van der Waals surface area contributed by atoms with Gasteiger partial charge in [0.1, 0.15) is 0 Å². The van der Waals surface area contributed by atoms with Gasteiger partial charge < -0.3 is 10.6 Å². The summed E-state index contributed by atoms with van der Waals surface area (Å²) in [7, 11) is -3.43. The van der Waals surface area contributed by atoms with E-state index in [1.165, 1.54) is 0 Å². The Balaban J connectivity index is 0.00000288. The van der Waals surface area contributed by atoms with Crippen molar-refractivity contribution in [3.63, 3.8) is 0 Å². The molecule has 6 nitrogen and oxygen atoms in total. The topological polar surface area (TPSA) is 87.3 Å². The van der Waals surface area contributed by atoms with Gasteiger partial charge in [-0.05, 0) is 44.9 Å². The van der Waals surface area contributed by atoms with Crippen LogP contribution in [0.4, 0.5) is 5.69 Å². The van der Waals surface area contributed by atoms with Gasteiger partial charge in [-0.25, -0.2) is 8.42 Å². The lowest BCUT2D eigenvalue weighted by atomic mass is 9.99. The van der Waals surface area contributed by atoms with Crippen molar-refractivity contribution in [3.8, 4) is 0 Å². The Hall–Kier alpha value is -1.31. The third-order valence-corrected chi connectivity index (χ3v) is 5.46. The number of anilines is 1. The summed E-state index contributed by atoms with van der Waals surface area (Å²) in [5, 5.41) is 6.34. The molecule has 24 heavy (non-hydrogen) atoms. The molecule has 1 aromatic carbocycles. The molecule has 8 heteroatoms. The molecule has 1 aromatic rings. The fourth-order valence-corrected chi connectivity index (χ4v) is 3.90. The Morgan fingerprint density at radius 2 is 2.04 bits per heavy atom. The molecule has 0 radical (unpaired) electrons. The van der Waals surface area contributed by atoms with Gasteiger partial charge in [0, 0.05) is 12.1 Å². The first kappa shape index (κ1) is 20.7. The maximum atomic E-state index is 12.5. The van der Waals surface area contributed by atoms with E-state index < -0.39 is 10.0 Å². The molecule has 1 amide bonds. The molecule has 136 valence electrons. The largest absolute Gasteiger partial charge is 0.348 e. The van der Waals surface area contributed by atoms with Gasteiger partial charge in [0.05, 0.1) is 17.0 Å². The van der Waals surface area contributed by atoms with E-state index in [0.717, 1.165) is 19.4 Å². The van der Waals surface area contributed by atoms with E-state index in [4.69, 9.17) is 0 Å². The summed E-state index contributed by atoms with van der Waals surface area (Å²) in [6, 6.07) is 6.96. The van der Waals surface area contributed by atoms with Crippen LogP contribution >= 0.6 is 12.4 Å². The summed E-state index contributed by atoms with van der Waals surface area (Å²) in [4.78, 5) is 12.5. The maximum Gasteiger partial charge on any atom is 0.253 e.